The van der Waals surface area contributed by atoms with Crippen LogP contribution in [-0.4, -0.2) is 36.8 Å². The van der Waals surface area contributed by atoms with E-state index in [2.05, 4.69) is 10.6 Å². The summed E-state index contributed by atoms with van der Waals surface area (Å²) < 4.78 is 5.72. The Labute approximate surface area is 118 Å². The maximum Gasteiger partial charge on any atom is 0.262 e. The summed E-state index contributed by atoms with van der Waals surface area (Å²) in [6, 6.07) is 7.61. The zero-order valence-electron chi connectivity index (χ0n) is 11.4. The van der Waals surface area contributed by atoms with Gasteiger partial charge < -0.3 is 20.5 Å². The molecule has 1 aromatic rings. The van der Waals surface area contributed by atoms with Gasteiger partial charge in [-0.05, 0) is 36.8 Å². The maximum atomic E-state index is 12.1. The SMILES string of the molecule is O=C(NCC1(CCO)CC1)C1CNc2ccccc2O1. The molecule has 5 heteroatoms. The fourth-order valence-corrected chi connectivity index (χ4v) is 2.58. The molecule has 1 aliphatic carbocycles. The Morgan fingerprint density at radius 1 is 1.45 bits per heavy atom. The van der Waals surface area contributed by atoms with E-state index in [0.717, 1.165) is 30.7 Å². The van der Waals surface area contributed by atoms with E-state index in [1.807, 2.05) is 24.3 Å². The van der Waals surface area contributed by atoms with Crippen LogP contribution in [0.1, 0.15) is 19.3 Å². The number of fused-ring (bicyclic) bond motifs is 1. The Morgan fingerprint density at radius 2 is 2.25 bits per heavy atom. The highest BCUT2D eigenvalue weighted by molar-refractivity contribution is 5.83. The Bertz CT molecular complexity index is 500. The van der Waals surface area contributed by atoms with Gasteiger partial charge in [0.2, 0.25) is 0 Å². The van der Waals surface area contributed by atoms with Crippen LogP contribution in [0.2, 0.25) is 0 Å². The molecular weight excluding hydrogens is 256 g/mol. The second kappa shape index (κ2) is 5.32. The number of hydrogen-bond donors (Lipinski definition) is 3. The zero-order chi connectivity index (χ0) is 14.0. The van der Waals surface area contributed by atoms with Crippen molar-refractivity contribution in [3.8, 4) is 5.75 Å². The minimum Gasteiger partial charge on any atom is -0.477 e. The van der Waals surface area contributed by atoms with Crippen molar-refractivity contribution in [1.29, 1.82) is 0 Å². The van der Waals surface area contributed by atoms with Crippen LogP contribution in [0.3, 0.4) is 0 Å². The predicted octanol–water partition coefficient (Wildman–Crippen LogP) is 1.14. The van der Waals surface area contributed by atoms with Crippen molar-refractivity contribution in [2.24, 2.45) is 5.41 Å². The minimum absolute atomic E-state index is 0.0868. The van der Waals surface area contributed by atoms with Gasteiger partial charge >= 0.3 is 0 Å². The van der Waals surface area contributed by atoms with E-state index < -0.39 is 6.10 Å². The Morgan fingerprint density at radius 3 is 3.00 bits per heavy atom. The number of anilines is 1. The molecule has 0 saturated heterocycles. The minimum atomic E-state index is -0.491. The van der Waals surface area contributed by atoms with Gasteiger partial charge in [-0.2, -0.15) is 0 Å². The lowest BCUT2D eigenvalue weighted by atomic mass is 10.0. The van der Waals surface area contributed by atoms with Crippen molar-refractivity contribution in [3.05, 3.63) is 24.3 Å². The second-order valence-electron chi connectivity index (χ2n) is 5.67. The van der Waals surface area contributed by atoms with E-state index in [9.17, 15) is 4.79 Å². The second-order valence-corrected chi connectivity index (χ2v) is 5.67. The molecule has 1 saturated carbocycles. The van der Waals surface area contributed by atoms with Gasteiger partial charge in [0.25, 0.3) is 5.91 Å². The third-order valence-corrected chi connectivity index (χ3v) is 4.16. The summed E-state index contributed by atoms with van der Waals surface area (Å²) in [5, 5.41) is 15.2. The van der Waals surface area contributed by atoms with Gasteiger partial charge in [-0.15, -0.1) is 0 Å². The van der Waals surface area contributed by atoms with Crippen LogP contribution in [0, 0.1) is 5.41 Å². The van der Waals surface area contributed by atoms with Crippen LogP contribution in [0.5, 0.6) is 5.75 Å². The molecule has 20 heavy (non-hydrogen) atoms. The first kappa shape index (κ1) is 13.2. The molecule has 1 unspecified atom stereocenters. The Hall–Kier alpha value is -1.75. The van der Waals surface area contributed by atoms with Crippen molar-refractivity contribution in [3.63, 3.8) is 0 Å². The van der Waals surface area contributed by atoms with Crippen molar-refractivity contribution >= 4 is 11.6 Å². The highest BCUT2D eigenvalue weighted by Gasteiger charge is 2.42. The van der Waals surface area contributed by atoms with Gasteiger partial charge in [-0.3, -0.25) is 4.79 Å². The first-order chi connectivity index (χ1) is 9.72. The van der Waals surface area contributed by atoms with Crippen molar-refractivity contribution in [1.82, 2.24) is 5.32 Å². The fraction of sp³-hybridized carbons (Fsp3) is 0.533. The van der Waals surface area contributed by atoms with E-state index in [-0.39, 0.29) is 17.9 Å². The molecule has 0 radical (unpaired) electrons. The summed E-state index contributed by atoms with van der Waals surface area (Å²) in [5.74, 6) is 0.631. The van der Waals surface area contributed by atoms with E-state index in [1.165, 1.54) is 0 Å². The maximum absolute atomic E-state index is 12.1. The third kappa shape index (κ3) is 2.72. The fourth-order valence-electron chi connectivity index (χ4n) is 2.58. The van der Waals surface area contributed by atoms with Crippen LogP contribution in [0.25, 0.3) is 0 Å². The lowest BCUT2D eigenvalue weighted by molar-refractivity contribution is -0.127. The molecule has 0 aromatic heterocycles. The molecule has 3 N–H and O–H groups in total. The lowest BCUT2D eigenvalue weighted by Crippen LogP contribution is -2.46. The molecule has 1 heterocycles. The van der Waals surface area contributed by atoms with Gasteiger partial charge in [0, 0.05) is 13.2 Å². The molecule has 3 rings (SSSR count). The van der Waals surface area contributed by atoms with E-state index in [0.29, 0.717) is 13.1 Å². The lowest BCUT2D eigenvalue weighted by Gasteiger charge is -2.27. The number of benzene rings is 1. The number of para-hydroxylation sites is 2. The monoisotopic (exact) mass is 276 g/mol. The molecule has 1 atom stereocenters. The molecule has 0 spiro atoms. The highest BCUT2D eigenvalue weighted by Crippen LogP contribution is 2.47. The average molecular weight is 276 g/mol. The van der Waals surface area contributed by atoms with Crippen molar-refractivity contribution < 1.29 is 14.6 Å². The molecular formula is C15H20N2O3. The van der Waals surface area contributed by atoms with Crippen LogP contribution in [-0.2, 0) is 4.79 Å². The third-order valence-electron chi connectivity index (χ3n) is 4.16. The van der Waals surface area contributed by atoms with Crippen LogP contribution >= 0.6 is 0 Å². The summed E-state index contributed by atoms with van der Waals surface area (Å²) in [5.41, 5.74) is 1.06. The molecule has 1 aromatic carbocycles. The molecule has 1 amide bonds. The standard InChI is InChI=1S/C15H20N2O3/c18-8-7-15(5-6-15)10-17-14(19)13-9-16-11-3-1-2-4-12(11)20-13/h1-4,13,16,18H,5-10H2,(H,17,19). The van der Waals surface area contributed by atoms with E-state index in [1.54, 1.807) is 0 Å². The van der Waals surface area contributed by atoms with Gasteiger partial charge in [-0.1, -0.05) is 12.1 Å². The average Bonchev–Trinajstić information content (AvgIpc) is 3.25. The quantitative estimate of drug-likeness (QED) is 0.754. The number of carbonyl (C=O) groups is 1. The molecule has 0 bridgehead atoms. The largest absolute Gasteiger partial charge is 0.477 e. The number of aliphatic hydroxyl groups excluding tert-OH is 1. The van der Waals surface area contributed by atoms with Gasteiger partial charge in [0.1, 0.15) is 5.75 Å². The molecule has 5 nitrogen and oxygen atoms in total. The number of ether oxygens (including phenoxy) is 1. The van der Waals surface area contributed by atoms with Crippen molar-refractivity contribution in [2.75, 3.05) is 25.0 Å². The number of aliphatic hydroxyl groups is 1. The smallest absolute Gasteiger partial charge is 0.262 e. The van der Waals surface area contributed by atoms with Crippen LogP contribution in [0.4, 0.5) is 5.69 Å². The number of rotatable bonds is 5. The summed E-state index contributed by atoms with van der Waals surface area (Å²) in [7, 11) is 0. The zero-order valence-corrected chi connectivity index (χ0v) is 11.4. The summed E-state index contributed by atoms with van der Waals surface area (Å²) in [4.78, 5) is 12.1. The highest BCUT2D eigenvalue weighted by atomic mass is 16.5. The molecule has 1 aliphatic heterocycles. The number of amides is 1. The topological polar surface area (TPSA) is 70.6 Å². The van der Waals surface area contributed by atoms with Crippen LogP contribution in [0.15, 0.2) is 24.3 Å². The normalized spacial score (nSPS) is 22.1. The number of carbonyl (C=O) groups excluding carboxylic acids is 1. The number of nitrogens with one attached hydrogen (secondary N) is 2. The van der Waals surface area contributed by atoms with E-state index >= 15 is 0 Å². The molecule has 2 aliphatic rings. The molecule has 1 fully saturated rings. The predicted molar refractivity (Wildman–Crippen MR) is 75.7 cm³/mol. The molecule has 108 valence electrons. The van der Waals surface area contributed by atoms with Crippen LogP contribution < -0.4 is 15.4 Å². The van der Waals surface area contributed by atoms with Crippen molar-refractivity contribution in [2.45, 2.75) is 25.4 Å². The number of hydrogen-bond acceptors (Lipinski definition) is 4. The first-order valence-corrected chi connectivity index (χ1v) is 7.11. The van der Waals surface area contributed by atoms with E-state index in [4.69, 9.17) is 9.84 Å². The Kier molecular flexibility index (Phi) is 3.53. The summed E-state index contributed by atoms with van der Waals surface area (Å²) in [6.07, 6.45) is 2.44. The summed E-state index contributed by atoms with van der Waals surface area (Å²) >= 11 is 0. The van der Waals surface area contributed by atoms with Gasteiger partial charge in [0.15, 0.2) is 6.10 Å². The van der Waals surface area contributed by atoms with Gasteiger partial charge in [0.05, 0.1) is 12.2 Å². The Balaban J connectivity index is 1.54. The summed E-state index contributed by atoms with van der Waals surface area (Å²) in [6.45, 7) is 1.30. The van der Waals surface area contributed by atoms with Gasteiger partial charge in [-0.25, -0.2) is 0 Å². The first-order valence-electron chi connectivity index (χ1n) is 7.11.